The summed E-state index contributed by atoms with van der Waals surface area (Å²) in [6.07, 6.45) is 0. The average Bonchev–Trinajstić information content (AvgIpc) is 2.66. The van der Waals surface area contributed by atoms with Gasteiger partial charge in [-0.05, 0) is 53.3 Å². The number of carboxylic acid groups (broad SMARTS) is 1. The average molecular weight is 414 g/mol. The second-order valence-corrected chi connectivity index (χ2v) is 6.61. The number of fused-ring (bicyclic) bond motifs is 1. The van der Waals surface area contributed by atoms with Crippen LogP contribution in [0.4, 0.5) is 5.69 Å². The monoisotopic (exact) mass is 413 g/mol. The van der Waals surface area contributed by atoms with E-state index in [2.05, 4.69) is 10.6 Å². The molecule has 1 amide bonds. The third-order valence-electron chi connectivity index (χ3n) is 3.99. The van der Waals surface area contributed by atoms with E-state index in [1.807, 2.05) is 24.3 Å². The summed E-state index contributed by atoms with van der Waals surface area (Å²) >= 11 is 11.1. The van der Waals surface area contributed by atoms with Gasteiger partial charge in [-0.1, -0.05) is 35.9 Å². The van der Waals surface area contributed by atoms with Crippen molar-refractivity contribution < 1.29 is 19.4 Å². The number of anilines is 1. The number of aromatic carboxylic acids is 1. The van der Waals surface area contributed by atoms with Gasteiger partial charge in [-0.3, -0.25) is 10.1 Å². The molecule has 142 valence electrons. The molecule has 0 heterocycles. The maximum Gasteiger partial charge on any atom is 0.261 e. The molecular weight excluding hydrogens is 400 g/mol. The fourth-order valence-corrected chi connectivity index (χ4v) is 3.13. The lowest BCUT2D eigenvalue weighted by atomic mass is 10.1. The molecule has 6 nitrogen and oxygen atoms in total. The van der Waals surface area contributed by atoms with Crippen LogP contribution in [0.3, 0.4) is 0 Å². The van der Waals surface area contributed by atoms with E-state index in [1.165, 1.54) is 25.3 Å². The van der Waals surface area contributed by atoms with Crippen molar-refractivity contribution in [3.63, 3.8) is 0 Å². The van der Waals surface area contributed by atoms with Crippen molar-refractivity contribution in [2.75, 3.05) is 12.4 Å². The van der Waals surface area contributed by atoms with Gasteiger partial charge in [-0.25, -0.2) is 0 Å². The molecule has 0 radical (unpaired) electrons. The zero-order valence-electron chi connectivity index (χ0n) is 14.6. The predicted molar refractivity (Wildman–Crippen MR) is 110 cm³/mol. The Morgan fingerprint density at radius 3 is 2.32 bits per heavy atom. The molecule has 28 heavy (non-hydrogen) atoms. The molecule has 0 bridgehead atoms. The van der Waals surface area contributed by atoms with Crippen molar-refractivity contribution >= 4 is 57.3 Å². The van der Waals surface area contributed by atoms with Gasteiger partial charge in [0.2, 0.25) is 0 Å². The van der Waals surface area contributed by atoms with Gasteiger partial charge >= 0.3 is 0 Å². The Balaban J connectivity index is 1.77. The van der Waals surface area contributed by atoms with Gasteiger partial charge in [-0.2, -0.15) is 0 Å². The first-order valence-corrected chi connectivity index (χ1v) is 8.87. The number of ether oxygens (including phenoxy) is 1. The van der Waals surface area contributed by atoms with Gasteiger partial charge < -0.3 is 20.0 Å². The van der Waals surface area contributed by atoms with Crippen LogP contribution in [0.5, 0.6) is 5.75 Å². The Labute approximate surface area is 171 Å². The largest absolute Gasteiger partial charge is 0.545 e. The summed E-state index contributed by atoms with van der Waals surface area (Å²) in [6, 6.07) is 15.2. The number of carboxylic acids is 1. The van der Waals surface area contributed by atoms with Gasteiger partial charge in [0.1, 0.15) is 5.75 Å². The van der Waals surface area contributed by atoms with Crippen LogP contribution in [0.1, 0.15) is 20.7 Å². The quantitative estimate of drug-likeness (QED) is 0.639. The van der Waals surface area contributed by atoms with E-state index < -0.39 is 11.9 Å². The van der Waals surface area contributed by atoms with E-state index in [1.54, 1.807) is 12.1 Å². The number of thiocarbonyl (C=S) groups is 1. The van der Waals surface area contributed by atoms with Crippen LogP contribution in [-0.2, 0) is 0 Å². The van der Waals surface area contributed by atoms with Crippen molar-refractivity contribution in [3.05, 3.63) is 70.7 Å². The van der Waals surface area contributed by atoms with Gasteiger partial charge in [0.25, 0.3) is 5.91 Å². The van der Waals surface area contributed by atoms with E-state index >= 15 is 0 Å². The Bertz CT molecular complexity index is 1100. The standard InChI is InChI=1S/C20H15ClN2O4S/c1-27-17-9-12-5-3-2-4-11(12)8-15(17)18(24)23-20(28)22-13-6-7-14(19(25)26)16(21)10-13/h2-10H,1H3,(H,25,26)(H2,22,23,24,28)/p-1. The smallest absolute Gasteiger partial charge is 0.261 e. The molecule has 0 atom stereocenters. The lowest BCUT2D eigenvalue weighted by Gasteiger charge is -2.13. The van der Waals surface area contributed by atoms with Gasteiger partial charge in [0.05, 0.1) is 23.7 Å². The number of hydrogen-bond acceptors (Lipinski definition) is 5. The number of methoxy groups -OCH3 is 1. The summed E-state index contributed by atoms with van der Waals surface area (Å²) in [4.78, 5) is 23.5. The number of rotatable bonds is 4. The molecule has 3 rings (SSSR count). The third-order valence-corrected chi connectivity index (χ3v) is 4.50. The highest BCUT2D eigenvalue weighted by atomic mass is 35.5. The van der Waals surface area contributed by atoms with Crippen molar-refractivity contribution in [1.82, 2.24) is 5.32 Å². The molecule has 2 N–H and O–H groups in total. The molecule has 0 aliphatic carbocycles. The van der Waals surface area contributed by atoms with Crippen molar-refractivity contribution in [2.45, 2.75) is 0 Å². The second-order valence-electron chi connectivity index (χ2n) is 5.79. The first-order chi connectivity index (χ1) is 13.4. The zero-order chi connectivity index (χ0) is 20.3. The van der Waals surface area contributed by atoms with Gasteiger partial charge in [-0.15, -0.1) is 0 Å². The first kappa shape index (κ1) is 19.6. The lowest BCUT2D eigenvalue weighted by molar-refractivity contribution is -0.255. The van der Waals surface area contributed by atoms with Crippen LogP contribution < -0.4 is 20.5 Å². The molecule has 8 heteroatoms. The van der Waals surface area contributed by atoms with Crippen molar-refractivity contribution in [1.29, 1.82) is 0 Å². The predicted octanol–water partition coefficient (Wildman–Crippen LogP) is 2.99. The van der Waals surface area contributed by atoms with Crippen molar-refractivity contribution in [2.24, 2.45) is 0 Å². The number of amides is 1. The molecule has 0 aromatic heterocycles. The number of carbonyl (C=O) groups is 2. The highest BCUT2D eigenvalue weighted by Gasteiger charge is 2.15. The highest BCUT2D eigenvalue weighted by molar-refractivity contribution is 7.80. The Morgan fingerprint density at radius 2 is 1.71 bits per heavy atom. The maximum absolute atomic E-state index is 12.6. The number of halogens is 1. The number of benzene rings is 3. The summed E-state index contributed by atoms with van der Waals surface area (Å²) in [5, 5.41) is 18.1. The number of hydrogen-bond donors (Lipinski definition) is 2. The summed E-state index contributed by atoms with van der Waals surface area (Å²) in [5.74, 6) is -1.41. The van der Waals surface area contributed by atoms with Gasteiger partial charge in [0, 0.05) is 11.3 Å². The first-order valence-electron chi connectivity index (χ1n) is 8.09. The van der Waals surface area contributed by atoms with Crippen LogP contribution in [0.25, 0.3) is 10.8 Å². The Kier molecular flexibility index (Phi) is 5.77. The second kappa shape index (κ2) is 8.24. The van der Waals surface area contributed by atoms with Crippen LogP contribution in [-0.4, -0.2) is 24.1 Å². The van der Waals surface area contributed by atoms with Crippen molar-refractivity contribution in [3.8, 4) is 5.75 Å². The normalized spacial score (nSPS) is 10.4. The molecule has 0 fully saturated rings. The highest BCUT2D eigenvalue weighted by Crippen LogP contribution is 2.26. The Morgan fingerprint density at radius 1 is 1.04 bits per heavy atom. The molecule has 0 saturated heterocycles. The molecule has 0 aliphatic rings. The van der Waals surface area contributed by atoms with Crippen LogP contribution in [0, 0.1) is 0 Å². The number of carbonyl (C=O) groups excluding carboxylic acids is 2. The van der Waals surface area contributed by atoms with Gasteiger partial charge in [0.15, 0.2) is 5.11 Å². The molecule has 3 aromatic carbocycles. The molecular formula is C20H14ClN2O4S-. The molecule has 0 saturated carbocycles. The fraction of sp³-hybridized carbons (Fsp3) is 0.0500. The number of nitrogens with one attached hydrogen (secondary N) is 2. The minimum absolute atomic E-state index is 0.00433. The molecule has 3 aromatic rings. The summed E-state index contributed by atoms with van der Waals surface area (Å²) in [5.41, 5.74) is 0.615. The zero-order valence-corrected chi connectivity index (χ0v) is 16.2. The SMILES string of the molecule is COc1cc2ccccc2cc1C(=O)NC(=S)Nc1ccc(C(=O)[O-])c(Cl)c1. The van der Waals surface area contributed by atoms with E-state index in [9.17, 15) is 14.7 Å². The molecule has 0 aliphatic heterocycles. The van der Waals surface area contributed by atoms with Crippen LogP contribution in [0.15, 0.2) is 54.6 Å². The van der Waals surface area contributed by atoms with E-state index in [0.717, 1.165) is 10.8 Å². The van der Waals surface area contributed by atoms with Crippen LogP contribution >= 0.6 is 23.8 Å². The molecule has 0 unspecified atom stereocenters. The summed E-state index contributed by atoms with van der Waals surface area (Å²) in [6.45, 7) is 0. The van der Waals surface area contributed by atoms with Crippen LogP contribution in [0.2, 0.25) is 5.02 Å². The minimum Gasteiger partial charge on any atom is -0.545 e. The maximum atomic E-state index is 12.6. The third kappa shape index (κ3) is 4.21. The minimum atomic E-state index is -1.38. The topological polar surface area (TPSA) is 90.5 Å². The lowest BCUT2D eigenvalue weighted by Crippen LogP contribution is -2.34. The summed E-state index contributed by atoms with van der Waals surface area (Å²) in [7, 11) is 1.48. The van der Waals surface area contributed by atoms with E-state index in [4.69, 9.17) is 28.6 Å². The fourth-order valence-electron chi connectivity index (χ4n) is 2.66. The van der Waals surface area contributed by atoms with E-state index in [-0.39, 0.29) is 15.7 Å². The Hall–Kier alpha value is -3.16. The van der Waals surface area contributed by atoms with E-state index in [0.29, 0.717) is 17.0 Å². The summed E-state index contributed by atoms with van der Waals surface area (Å²) < 4.78 is 5.32. The molecule has 0 spiro atoms.